The third kappa shape index (κ3) is 4.48. The maximum atomic E-state index is 12.9. The summed E-state index contributed by atoms with van der Waals surface area (Å²) in [5.41, 5.74) is 7.33. The number of nitrogens with one attached hydrogen (secondary N) is 1. The maximum Gasteiger partial charge on any atom is 0.265 e. The number of amides is 2. The van der Waals surface area contributed by atoms with Crippen molar-refractivity contribution >= 4 is 54.8 Å². The summed E-state index contributed by atoms with van der Waals surface area (Å²) in [5, 5.41) is 3.99. The van der Waals surface area contributed by atoms with Crippen LogP contribution < -0.4 is 16.0 Å². The SMILES string of the molecule is CN(C)c1nc2sc(C(=O)Nc3ccccc3CN3CCCC(C(N)=O)C3)cc2s1. The fourth-order valence-electron chi connectivity index (χ4n) is 3.66. The van der Waals surface area contributed by atoms with Crippen LogP contribution in [0.25, 0.3) is 9.53 Å². The molecule has 30 heavy (non-hydrogen) atoms. The fourth-order valence-corrected chi connectivity index (χ4v) is 5.69. The van der Waals surface area contributed by atoms with E-state index in [1.165, 1.54) is 11.3 Å². The van der Waals surface area contributed by atoms with Gasteiger partial charge in [0, 0.05) is 32.9 Å². The van der Waals surface area contributed by atoms with Crippen molar-refractivity contribution in [3.05, 3.63) is 40.8 Å². The summed E-state index contributed by atoms with van der Waals surface area (Å²) in [6.07, 6.45) is 1.80. The number of carbonyl (C=O) groups excluding carboxylic acids is 2. The van der Waals surface area contributed by atoms with Crippen molar-refractivity contribution in [2.75, 3.05) is 37.4 Å². The van der Waals surface area contributed by atoms with E-state index >= 15 is 0 Å². The van der Waals surface area contributed by atoms with Gasteiger partial charge in [-0.2, -0.15) is 0 Å². The molecule has 0 aliphatic carbocycles. The molecular weight excluding hydrogens is 418 g/mol. The Balaban J connectivity index is 1.47. The number of fused-ring (bicyclic) bond motifs is 1. The number of para-hydroxylation sites is 1. The number of anilines is 2. The van der Waals surface area contributed by atoms with Gasteiger partial charge in [-0.25, -0.2) is 4.98 Å². The summed E-state index contributed by atoms with van der Waals surface area (Å²) >= 11 is 2.99. The molecule has 0 spiro atoms. The molecule has 1 fully saturated rings. The minimum Gasteiger partial charge on any atom is -0.369 e. The molecular formula is C21H25N5O2S2. The van der Waals surface area contributed by atoms with E-state index < -0.39 is 0 Å². The number of thiophene rings is 1. The zero-order chi connectivity index (χ0) is 21.3. The van der Waals surface area contributed by atoms with Crippen LogP contribution in [0.1, 0.15) is 28.1 Å². The first-order valence-electron chi connectivity index (χ1n) is 9.89. The highest BCUT2D eigenvalue weighted by Crippen LogP contribution is 2.34. The first kappa shape index (κ1) is 20.8. The van der Waals surface area contributed by atoms with Crippen LogP contribution in [0, 0.1) is 5.92 Å². The molecule has 1 unspecified atom stereocenters. The Morgan fingerprint density at radius 2 is 2.10 bits per heavy atom. The third-order valence-corrected chi connectivity index (χ3v) is 7.58. The van der Waals surface area contributed by atoms with Crippen LogP contribution in [0.4, 0.5) is 10.8 Å². The summed E-state index contributed by atoms with van der Waals surface area (Å²) in [4.78, 5) is 34.8. The van der Waals surface area contributed by atoms with Crippen LogP contribution in [-0.2, 0) is 11.3 Å². The molecule has 1 aliphatic rings. The average molecular weight is 444 g/mol. The number of hydrogen-bond acceptors (Lipinski definition) is 7. The minimum atomic E-state index is -0.231. The highest BCUT2D eigenvalue weighted by Gasteiger charge is 2.24. The van der Waals surface area contributed by atoms with Gasteiger partial charge in [0.05, 0.1) is 15.5 Å². The lowest BCUT2D eigenvalue weighted by molar-refractivity contribution is -0.123. The Morgan fingerprint density at radius 3 is 2.83 bits per heavy atom. The fraction of sp³-hybridized carbons (Fsp3) is 0.381. The molecule has 0 radical (unpaired) electrons. The van der Waals surface area contributed by atoms with E-state index in [-0.39, 0.29) is 17.7 Å². The van der Waals surface area contributed by atoms with Gasteiger partial charge < -0.3 is 16.0 Å². The predicted octanol–water partition coefficient (Wildman–Crippen LogP) is 3.37. The number of nitrogens with zero attached hydrogens (tertiary/aromatic N) is 3. The van der Waals surface area contributed by atoms with E-state index in [1.807, 2.05) is 49.3 Å². The molecule has 1 aliphatic heterocycles. The Kier molecular flexibility index (Phi) is 6.03. The first-order valence-corrected chi connectivity index (χ1v) is 11.5. The molecule has 158 valence electrons. The lowest BCUT2D eigenvalue weighted by Gasteiger charge is -2.31. The maximum absolute atomic E-state index is 12.9. The van der Waals surface area contributed by atoms with Crippen LogP contribution in [0.2, 0.25) is 0 Å². The van der Waals surface area contributed by atoms with Crippen molar-refractivity contribution in [1.29, 1.82) is 0 Å². The summed E-state index contributed by atoms with van der Waals surface area (Å²) in [6.45, 7) is 2.26. The highest BCUT2D eigenvalue weighted by molar-refractivity contribution is 7.29. The van der Waals surface area contributed by atoms with Crippen molar-refractivity contribution in [3.63, 3.8) is 0 Å². The summed E-state index contributed by atoms with van der Waals surface area (Å²) in [6, 6.07) is 9.72. The summed E-state index contributed by atoms with van der Waals surface area (Å²) < 4.78 is 1.02. The predicted molar refractivity (Wildman–Crippen MR) is 123 cm³/mol. The molecule has 1 atom stereocenters. The summed E-state index contributed by atoms with van der Waals surface area (Å²) in [5.74, 6) is -0.457. The number of primary amides is 1. The minimum absolute atomic E-state index is 0.0980. The van der Waals surface area contributed by atoms with Gasteiger partial charge in [-0.1, -0.05) is 29.5 Å². The zero-order valence-electron chi connectivity index (χ0n) is 17.1. The topological polar surface area (TPSA) is 91.6 Å². The van der Waals surface area contributed by atoms with E-state index in [2.05, 4.69) is 15.2 Å². The van der Waals surface area contributed by atoms with Crippen molar-refractivity contribution in [2.45, 2.75) is 19.4 Å². The Bertz CT molecular complexity index is 1040. The number of piperidine rings is 1. The summed E-state index contributed by atoms with van der Waals surface area (Å²) in [7, 11) is 3.92. The Morgan fingerprint density at radius 1 is 1.30 bits per heavy atom. The average Bonchev–Trinajstić information content (AvgIpc) is 3.29. The van der Waals surface area contributed by atoms with Crippen molar-refractivity contribution < 1.29 is 9.59 Å². The van der Waals surface area contributed by atoms with Crippen LogP contribution in [0.3, 0.4) is 0 Å². The number of rotatable bonds is 6. The smallest absolute Gasteiger partial charge is 0.265 e. The molecule has 1 saturated heterocycles. The number of benzene rings is 1. The number of thiazole rings is 1. The quantitative estimate of drug-likeness (QED) is 0.609. The van der Waals surface area contributed by atoms with Crippen molar-refractivity contribution in [3.8, 4) is 0 Å². The highest BCUT2D eigenvalue weighted by atomic mass is 32.1. The molecule has 2 amide bonds. The normalized spacial score (nSPS) is 17.2. The molecule has 3 aromatic rings. The Hall–Kier alpha value is -2.49. The zero-order valence-corrected chi connectivity index (χ0v) is 18.7. The number of carbonyl (C=O) groups is 2. The molecule has 3 heterocycles. The number of nitrogens with two attached hydrogens (primary N) is 1. The second-order valence-electron chi connectivity index (χ2n) is 7.76. The second kappa shape index (κ2) is 8.71. The van der Waals surface area contributed by atoms with Gasteiger partial charge >= 0.3 is 0 Å². The largest absolute Gasteiger partial charge is 0.369 e. The molecule has 3 N–H and O–H groups in total. The van der Waals surface area contributed by atoms with Crippen LogP contribution >= 0.6 is 22.7 Å². The van der Waals surface area contributed by atoms with E-state index in [1.54, 1.807) is 11.3 Å². The van der Waals surface area contributed by atoms with Crippen molar-refractivity contribution in [2.24, 2.45) is 11.7 Å². The van der Waals surface area contributed by atoms with Gasteiger partial charge in [-0.05, 0) is 37.1 Å². The number of aromatic nitrogens is 1. The van der Waals surface area contributed by atoms with Gasteiger partial charge in [0.2, 0.25) is 5.91 Å². The van der Waals surface area contributed by atoms with E-state index in [0.717, 1.165) is 45.3 Å². The number of likely N-dealkylation sites (tertiary alicyclic amines) is 1. The lowest BCUT2D eigenvalue weighted by atomic mass is 9.97. The Labute approximate surface area is 183 Å². The first-order chi connectivity index (χ1) is 14.4. The van der Waals surface area contributed by atoms with Crippen LogP contribution in [0.5, 0.6) is 0 Å². The van der Waals surface area contributed by atoms with Crippen molar-refractivity contribution in [1.82, 2.24) is 9.88 Å². The molecule has 0 bridgehead atoms. The van der Waals surface area contributed by atoms with Gasteiger partial charge in [0.1, 0.15) is 4.83 Å². The molecule has 9 heteroatoms. The molecule has 1 aromatic carbocycles. The molecule has 7 nitrogen and oxygen atoms in total. The lowest BCUT2D eigenvalue weighted by Crippen LogP contribution is -2.40. The second-order valence-corrected chi connectivity index (χ2v) is 9.80. The molecule has 4 rings (SSSR count). The van der Waals surface area contributed by atoms with Gasteiger partial charge in [-0.15, -0.1) is 11.3 Å². The standard InChI is InChI=1S/C21H25N5O2S2/c1-25(2)21-24-20-17(30-21)10-16(29-20)19(28)23-15-8-4-3-6-13(15)11-26-9-5-7-14(12-26)18(22)27/h3-4,6,8,10,14H,5,7,9,11-12H2,1-2H3,(H2,22,27)(H,23,28). The van der Waals surface area contributed by atoms with Crippen LogP contribution in [-0.4, -0.2) is 48.9 Å². The monoisotopic (exact) mass is 443 g/mol. The third-order valence-electron chi connectivity index (χ3n) is 5.25. The van der Waals surface area contributed by atoms with Gasteiger partial charge in [0.25, 0.3) is 5.91 Å². The number of hydrogen-bond donors (Lipinski definition) is 2. The van der Waals surface area contributed by atoms with Crippen LogP contribution in [0.15, 0.2) is 30.3 Å². The molecule has 2 aromatic heterocycles. The van der Waals surface area contributed by atoms with Gasteiger partial charge in [-0.3, -0.25) is 14.5 Å². The van der Waals surface area contributed by atoms with Gasteiger partial charge in [0.15, 0.2) is 5.13 Å². The van der Waals surface area contributed by atoms with E-state index in [4.69, 9.17) is 5.73 Å². The van der Waals surface area contributed by atoms with E-state index in [0.29, 0.717) is 18.0 Å². The molecule has 0 saturated carbocycles. The van der Waals surface area contributed by atoms with E-state index in [9.17, 15) is 9.59 Å².